The Labute approximate surface area is 143 Å². The molecule has 3 rings (SSSR count). The molecule has 0 radical (unpaired) electrons. The number of nitrogens with zero attached hydrogens (tertiary/aromatic N) is 2. The van der Waals surface area contributed by atoms with Crippen molar-refractivity contribution in [3.8, 4) is 0 Å². The number of halogens is 1. The summed E-state index contributed by atoms with van der Waals surface area (Å²) in [6, 6.07) is 14.0. The molecule has 0 saturated heterocycles. The summed E-state index contributed by atoms with van der Waals surface area (Å²) >= 11 is 7.94. The van der Waals surface area contributed by atoms with Crippen molar-refractivity contribution in [1.82, 2.24) is 9.61 Å². The molecule has 0 unspecified atom stereocenters. The van der Waals surface area contributed by atoms with Gasteiger partial charge in [0.2, 0.25) is 0 Å². The van der Waals surface area contributed by atoms with Crippen molar-refractivity contribution in [1.29, 1.82) is 0 Å². The third kappa shape index (κ3) is 3.51. The van der Waals surface area contributed by atoms with Crippen LogP contribution in [0.4, 0.5) is 0 Å². The molecule has 0 spiro atoms. The van der Waals surface area contributed by atoms with Gasteiger partial charge >= 0.3 is 5.97 Å². The number of rotatable bonds is 5. The molecule has 0 aliphatic heterocycles. The molecule has 2 aromatic heterocycles. The van der Waals surface area contributed by atoms with Crippen LogP contribution in [-0.4, -0.2) is 22.2 Å². The lowest BCUT2D eigenvalue weighted by Crippen LogP contribution is -2.04. The van der Waals surface area contributed by atoms with Crippen LogP contribution in [0.5, 0.6) is 0 Å². The molecule has 2 heterocycles. The van der Waals surface area contributed by atoms with Crippen LogP contribution in [0.1, 0.15) is 22.8 Å². The molecule has 0 saturated carbocycles. The van der Waals surface area contributed by atoms with Gasteiger partial charge in [0.05, 0.1) is 18.3 Å². The highest BCUT2D eigenvalue weighted by Gasteiger charge is 2.16. The van der Waals surface area contributed by atoms with E-state index < -0.39 is 0 Å². The smallest absolute Gasteiger partial charge is 0.341 e. The third-order valence-electron chi connectivity index (χ3n) is 3.29. The van der Waals surface area contributed by atoms with Crippen molar-refractivity contribution in [2.24, 2.45) is 0 Å². The number of esters is 1. The number of fused-ring (bicyclic) bond motifs is 1. The summed E-state index contributed by atoms with van der Waals surface area (Å²) in [5.41, 5.74) is 2.31. The number of carbonyl (C=O) groups is 1. The Morgan fingerprint density at radius 1 is 1.30 bits per heavy atom. The highest BCUT2D eigenvalue weighted by molar-refractivity contribution is 7.98. The van der Waals surface area contributed by atoms with Gasteiger partial charge in [-0.15, -0.1) is 11.8 Å². The van der Waals surface area contributed by atoms with Gasteiger partial charge in [-0.3, -0.25) is 0 Å². The monoisotopic (exact) mass is 346 g/mol. The van der Waals surface area contributed by atoms with Gasteiger partial charge < -0.3 is 4.74 Å². The van der Waals surface area contributed by atoms with E-state index in [2.05, 4.69) is 17.2 Å². The summed E-state index contributed by atoms with van der Waals surface area (Å²) < 4.78 is 6.60. The van der Waals surface area contributed by atoms with Gasteiger partial charge in [-0.1, -0.05) is 41.9 Å². The molecule has 0 amide bonds. The van der Waals surface area contributed by atoms with Gasteiger partial charge in [0.1, 0.15) is 10.7 Å². The molecule has 0 fully saturated rings. The highest BCUT2D eigenvalue weighted by atomic mass is 35.5. The molecule has 23 heavy (non-hydrogen) atoms. The predicted molar refractivity (Wildman–Crippen MR) is 92.2 cm³/mol. The first kappa shape index (κ1) is 15.9. The zero-order valence-electron chi connectivity index (χ0n) is 12.5. The summed E-state index contributed by atoms with van der Waals surface area (Å²) in [5, 5.41) is 4.62. The van der Waals surface area contributed by atoms with E-state index in [1.54, 1.807) is 23.2 Å². The zero-order valence-corrected chi connectivity index (χ0v) is 14.1. The second kappa shape index (κ2) is 7.06. The van der Waals surface area contributed by atoms with Gasteiger partial charge in [-0.25, -0.2) is 9.31 Å². The van der Waals surface area contributed by atoms with Crippen LogP contribution in [0, 0.1) is 0 Å². The van der Waals surface area contributed by atoms with E-state index in [0.29, 0.717) is 22.8 Å². The minimum Gasteiger partial charge on any atom is -0.462 e. The molecule has 4 nitrogen and oxygen atoms in total. The van der Waals surface area contributed by atoms with E-state index in [-0.39, 0.29) is 5.97 Å². The van der Waals surface area contributed by atoms with E-state index in [0.717, 1.165) is 10.6 Å². The lowest BCUT2D eigenvalue weighted by Gasteiger charge is -2.06. The predicted octanol–water partition coefficient (Wildman–Crippen LogP) is 4.46. The van der Waals surface area contributed by atoms with Crippen LogP contribution < -0.4 is 0 Å². The maximum atomic E-state index is 12.0. The number of hydrogen-bond acceptors (Lipinski definition) is 4. The van der Waals surface area contributed by atoms with Crippen LogP contribution in [0.2, 0.25) is 5.15 Å². The first-order chi connectivity index (χ1) is 11.2. The largest absolute Gasteiger partial charge is 0.462 e. The van der Waals surface area contributed by atoms with E-state index >= 15 is 0 Å². The van der Waals surface area contributed by atoms with Gasteiger partial charge in [-0.05, 0) is 24.6 Å². The van der Waals surface area contributed by atoms with Crippen molar-refractivity contribution >= 4 is 34.8 Å². The van der Waals surface area contributed by atoms with Crippen molar-refractivity contribution in [2.45, 2.75) is 17.6 Å². The fraction of sp³-hybridized carbons (Fsp3) is 0.176. The van der Waals surface area contributed by atoms with Crippen LogP contribution in [0.15, 0.2) is 53.6 Å². The highest BCUT2D eigenvalue weighted by Crippen LogP contribution is 2.28. The van der Waals surface area contributed by atoms with Gasteiger partial charge in [-0.2, -0.15) is 5.10 Å². The molecular weight excluding hydrogens is 332 g/mol. The second-order valence-electron chi connectivity index (χ2n) is 4.86. The number of benzene rings is 1. The summed E-state index contributed by atoms with van der Waals surface area (Å²) in [5.74, 6) is 0.444. The third-order valence-corrected chi connectivity index (χ3v) is 4.61. The SMILES string of the molecule is CCOC(=O)c1cnn2c(Cl)cc(SCc3ccccc3)cc12. The zero-order chi connectivity index (χ0) is 16.2. The van der Waals surface area contributed by atoms with E-state index in [1.807, 2.05) is 30.3 Å². The summed E-state index contributed by atoms with van der Waals surface area (Å²) in [6.45, 7) is 2.10. The van der Waals surface area contributed by atoms with Crippen molar-refractivity contribution in [3.05, 3.63) is 64.9 Å². The normalized spacial score (nSPS) is 10.9. The molecule has 0 atom stereocenters. The van der Waals surface area contributed by atoms with Crippen molar-refractivity contribution in [3.63, 3.8) is 0 Å². The van der Waals surface area contributed by atoms with Crippen molar-refractivity contribution < 1.29 is 9.53 Å². The van der Waals surface area contributed by atoms with Crippen molar-refractivity contribution in [2.75, 3.05) is 6.61 Å². The van der Waals surface area contributed by atoms with Crippen LogP contribution in [0.25, 0.3) is 5.52 Å². The summed E-state index contributed by atoms with van der Waals surface area (Å²) in [6.07, 6.45) is 1.49. The Balaban J connectivity index is 1.89. The maximum absolute atomic E-state index is 12.0. The standard InChI is InChI=1S/C17H15ClN2O2S/c1-2-22-17(21)14-10-19-20-15(14)8-13(9-16(20)18)23-11-12-6-4-3-5-7-12/h3-10H,2,11H2,1H3. The van der Waals surface area contributed by atoms with Gasteiger partial charge in [0.15, 0.2) is 0 Å². The number of pyridine rings is 1. The van der Waals surface area contributed by atoms with Gasteiger partial charge in [0, 0.05) is 10.6 Å². The summed E-state index contributed by atoms with van der Waals surface area (Å²) in [4.78, 5) is 13.0. The quantitative estimate of drug-likeness (QED) is 0.389. The Kier molecular flexibility index (Phi) is 4.88. The Hall–Kier alpha value is -1.98. The molecule has 0 N–H and O–H groups in total. The molecule has 1 aromatic carbocycles. The topological polar surface area (TPSA) is 43.6 Å². The molecule has 0 aliphatic carbocycles. The maximum Gasteiger partial charge on any atom is 0.341 e. The molecular formula is C17H15ClN2O2S. The molecule has 118 valence electrons. The Morgan fingerprint density at radius 3 is 2.83 bits per heavy atom. The van der Waals surface area contributed by atoms with E-state index in [9.17, 15) is 4.79 Å². The number of hydrogen-bond donors (Lipinski definition) is 0. The fourth-order valence-corrected chi connectivity index (χ4v) is 3.44. The fourth-order valence-electron chi connectivity index (χ4n) is 2.21. The van der Waals surface area contributed by atoms with E-state index in [1.165, 1.54) is 11.8 Å². The number of ether oxygens (including phenoxy) is 1. The van der Waals surface area contributed by atoms with Gasteiger partial charge in [0.25, 0.3) is 0 Å². The average molecular weight is 347 g/mol. The van der Waals surface area contributed by atoms with Crippen LogP contribution in [-0.2, 0) is 10.5 Å². The second-order valence-corrected chi connectivity index (χ2v) is 6.30. The van der Waals surface area contributed by atoms with Crippen LogP contribution in [0.3, 0.4) is 0 Å². The molecule has 0 aliphatic rings. The Bertz CT molecular complexity index is 833. The van der Waals surface area contributed by atoms with E-state index in [4.69, 9.17) is 16.3 Å². The average Bonchev–Trinajstić information content (AvgIpc) is 2.99. The summed E-state index contributed by atoms with van der Waals surface area (Å²) in [7, 11) is 0. The first-order valence-electron chi connectivity index (χ1n) is 7.20. The molecule has 3 aromatic rings. The minimum absolute atomic E-state index is 0.326. The number of thioether (sulfide) groups is 1. The minimum atomic E-state index is -0.385. The number of aromatic nitrogens is 2. The Morgan fingerprint density at radius 2 is 2.09 bits per heavy atom. The lowest BCUT2D eigenvalue weighted by molar-refractivity contribution is 0.0528. The molecule has 0 bridgehead atoms. The molecule has 6 heteroatoms. The first-order valence-corrected chi connectivity index (χ1v) is 8.56. The number of carbonyl (C=O) groups excluding carboxylic acids is 1. The lowest BCUT2D eigenvalue weighted by atomic mass is 10.2. The van der Waals surface area contributed by atoms with Crippen LogP contribution >= 0.6 is 23.4 Å².